The lowest BCUT2D eigenvalue weighted by Gasteiger charge is -1.99. The number of nitrogens with two attached hydrogens (primary N) is 1. The van der Waals surface area contributed by atoms with Crippen LogP contribution in [0.5, 0.6) is 0 Å². The smallest absolute Gasteiger partial charge is 0.350 e. The minimum absolute atomic E-state index is 0.192. The molecule has 0 unspecified atom stereocenters. The van der Waals surface area contributed by atoms with E-state index < -0.39 is 0 Å². The van der Waals surface area contributed by atoms with Crippen molar-refractivity contribution in [1.29, 1.82) is 0 Å². The van der Waals surface area contributed by atoms with Gasteiger partial charge in [-0.1, -0.05) is 12.7 Å². The number of hydrogen-bond donors (Lipinski definition) is 2. The van der Waals surface area contributed by atoms with Crippen molar-refractivity contribution in [1.82, 2.24) is 9.97 Å². The second-order valence-electron chi connectivity index (χ2n) is 4.83. The lowest BCUT2D eigenvalue weighted by Crippen LogP contribution is -2.04. The molecule has 0 aliphatic heterocycles. The first-order valence-electron chi connectivity index (χ1n) is 6.72. The van der Waals surface area contributed by atoms with E-state index >= 15 is 0 Å². The number of carbonyl (C=O) groups is 1. The van der Waals surface area contributed by atoms with E-state index in [2.05, 4.69) is 16.5 Å². The Morgan fingerprint density at radius 3 is 3.14 bits per heavy atom. The van der Waals surface area contributed by atoms with Gasteiger partial charge in [0, 0.05) is 22.7 Å². The summed E-state index contributed by atoms with van der Waals surface area (Å²) in [6.45, 7) is 5.52. The van der Waals surface area contributed by atoms with E-state index in [1.54, 1.807) is 13.1 Å². The Morgan fingerprint density at radius 1 is 1.55 bits per heavy atom. The van der Waals surface area contributed by atoms with Crippen LogP contribution in [0, 0.1) is 6.92 Å². The molecule has 0 fully saturated rings. The summed E-state index contributed by atoms with van der Waals surface area (Å²) >= 11 is 1.32. The highest BCUT2D eigenvalue weighted by Crippen LogP contribution is 2.32. The monoisotopic (exact) mass is 313 g/mol. The summed E-state index contributed by atoms with van der Waals surface area (Å²) in [6.07, 6.45) is 3.30. The van der Waals surface area contributed by atoms with Crippen molar-refractivity contribution in [3.63, 3.8) is 0 Å². The number of carbonyl (C=O) groups excluding carboxylic acids is 1. The molecule has 0 saturated carbocycles. The molecule has 3 rings (SSSR count). The van der Waals surface area contributed by atoms with Crippen LogP contribution in [0.2, 0.25) is 0 Å². The molecule has 0 spiro atoms. The molecular weight excluding hydrogens is 298 g/mol. The highest BCUT2D eigenvalue weighted by Gasteiger charge is 2.17. The van der Waals surface area contributed by atoms with Crippen molar-refractivity contribution in [3.05, 3.63) is 47.6 Å². The number of aromatic amines is 1. The van der Waals surface area contributed by atoms with Crippen LogP contribution in [-0.4, -0.2) is 22.5 Å². The number of nitrogens with zero attached hydrogens (tertiary/aromatic N) is 1. The molecule has 0 bridgehead atoms. The Labute approximate surface area is 131 Å². The molecule has 0 amide bonds. The Morgan fingerprint density at radius 2 is 2.36 bits per heavy atom. The summed E-state index contributed by atoms with van der Waals surface area (Å²) in [4.78, 5) is 20.1. The van der Waals surface area contributed by atoms with E-state index in [0.29, 0.717) is 16.3 Å². The minimum Gasteiger partial charge on any atom is -0.457 e. The Hall–Kier alpha value is -2.60. The molecule has 0 radical (unpaired) electrons. The molecule has 2 heterocycles. The lowest BCUT2D eigenvalue weighted by molar-refractivity contribution is 0.0554. The molecule has 22 heavy (non-hydrogen) atoms. The Bertz CT molecular complexity index is 864. The van der Waals surface area contributed by atoms with E-state index in [9.17, 15) is 4.79 Å². The molecule has 2 aromatic heterocycles. The van der Waals surface area contributed by atoms with Crippen molar-refractivity contribution in [2.75, 3.05) is 12.3 Å². The summed E-state index contributed by atoms with van der Waals surface area (Å²) in [5, 5.41) is 1.71. The van der Waals surface area contributed by atoms with Gasteiger partial charge in [0.2, 0.25) is 0 Å². The number of H-pyrrole nitrogens is 1. The van der Waals surface area contributed by atoms with Gasteiger partial charge in [0.25, 0.3) is 0 Å². The maximum Gasteiger partial charge on any atom is 0.350 e. The zero-order valence-electron chi connectivity index (χ0n) is 12.1. The van der Waals surface area contributed by atoms with Crippen molar-refractivity contribution < 1.29 is 9.53 Å². The van der Waals surface area contributed by atoms with Crippen LogP contribution in [0.3, 0.4) is 0 Å². The third-order valence-electron chi connectivity index (χ3n) is 3.27. The largest absolute Gasteiger partial charge is 0.457 e. The summed E-state index contributed by atoms with van der Waals surface area (Å²) in [7, 11) is 0. The molecular formula is C16H15N3O2S. The van der Waals surface area contributed by atoms with Gasteiger partial charge < -0.3 is 15.5 Å². The number of fused-ring (bicyclic) bond motifs is 1. The maximum absolute atomic E-state index is 12.0. The normalized spacial score (nSPS) is 10.8. The number of aryl methyl sites for hydroxylation is 1. The number of ether oxygens (including phenoxy) is 1. The third kappa shape index (κ3) is 2.48. The van der Waals surface area contributed by atoms with E-state index in [1.165, 1.54) is 17.4 Å². The van der Waals surface area contributed by atoms with Gasteiger partial charge in [0.15, 0.2) is 0 Å². The lowest BCUT2D eigenvalue weighted by atomic mass is 10.1. The minimum atomic E-state index is -0.372. The predicted molar refractivity (Wildman–Crippen MR) is 89.0 cm³/mol. The number of nitrogens with one attached hydrogen (secondary N) is 1. The summed E-state index contributed by atoms with van der Waals surface area (Å²) in [5.41, 5.74) is 9.18. The maximum atomic E-state index is 12.0. The Kier molecular flexibility index (Phi) is 3.68. The molecule has 6 heteroatoms. The SMILES string of the molecule is C=CCOC(=O)c1sc(-c2ccc3[nH]cc(N)c3c2)nc1C. The Balaban J connectivity index is 1.98. The number of esters is 1. The van der Waals surface area contributed by atoms with Gasteiger partial charge in [-0.05, 0) is 25.1 Å². The highest BCUT2D eigenvalue weighted by atomic mass is 32.1. The second-order valence-corrected chi connectivity index (χ2v) is 5.82. The van der Waals surface area contributed by atoms with Gasteiger partial charge in [-0.2, -0.15) is 0 Å². The van der Waals surface area contributed by atoms with Crippen LogP contribution < -0.4 is 5.73 Å². The number of thiazole rings is 1. The third-order valence-corrected chi connectivity index (χ3v) is 4.46. The van der Waals surface area contributed by atoms with Crippen LogP contribution in [0.1, 0.15) is 15.4 Å². The van der Waals surface area contributed by atoms with Gasteiger partial charge in [-0.15, -0.1) is 11.3 Å². The van der Waals surface area contributed by atoms with Gasteiger partial charge in [0.05, 0.1) is 11.4 Å². The number of hydrogen-bond acceptors (Lipinski definition) is 5. The van der Waals surface area contributed by atoms with Gasteiger partial charge in [-0.3, -0.25) is 0 Å². The van der Waals surface area contributed by atoms with E-state index in [1.807, 2.05) is 18.2 Å². The molecule has 0 saturated heterocycles. The number of aromatic nitrogens is 2. The first-order chi connectivity index (χ1) is 10.6. The summed E-state index contributed by atoms with van der Waals surface area (Å²) < 4.78 is 5.07. The topological polar surface area (TPSA) is 81.0 Å². The zero-order valence-corrected chi connectivity index (χ0v) is 12.9. The molecule has 0 atom stereocenters. The predicted octanol–water partition coefficient (Wildman–Crippen LogP) is 3.52. The fourth-order valence-electron chi connectivity index (χ4n) is 2.18. The number of rotatable bonds is 4. The average Bonchev–Trinajstić information content (AvgIpc) is 3.08. The van der Waals surface area contributed by atoms with Crippen molar-refractivity contribution in [2.24, 2.45) is 0 Å². The average molecular weight is 313 g/mol. The van der Waals surface area contributed by atoms with Crippen molar-refractivity contribution in [3.8, 4) is 10.6 Å². The van der Waals surface area contributed by atoms with Gasteiger partial charge in [-0.25, -0.2) is 9.78 Å². The van der Waals surface area contributed by atoms with Crippen molar-refractivity contribution in [2.45, 2.75) is 6.92 Å². The molecule has 0 aliphatic rings. The molecule has 0 aliphatic carbocycles. The summed E-state index contributed by atoms with van der Waals surface area (Å²) in [6, 6.07) is 5.88. The zero-order chi connectivity index (χ0) is 15.7. The van der Waals surface area contributed by atoms with E-state index in [0.717, 1.165) is 21.5 Å². The summed E-state index contributed by atoms with van der Waals surface area (Å²) in [5.74, 6) is -0.372. The van der Waals surface area contributed by atoms with Crippen molar-refractivity contribution >= 4 is 33.9 Å². The van der Waals surface area contributed by atoms with Gasteiger partial charge in [0.1, 0.15) is 16.5 Å². The van der Waals surface area contributed by atoms with Crippen LogP contribution in [0.15, 0.2) is 37.1 Å². The number of benzene rings is 1. The van der Waals surface area contributed by atoms with E-state index in [4.69, 9.17) is 10.5 Å². The molecule has 1 aromatic carbocycles. The van der Waals surface area contributed by atoms with Crippen LogP contribution in [0.25, 0.3) is 21.5 Å². The molecule has 3 N–H and O–H groups in total. The van der Waals surface area contributed by atoms with Crippen LogP contribution >= 0.6 is 11.3 Å². The molecule has 112 valence electrons. The van der Waals surface area contributed by atoms with Crippen LogP contribution in [0.4, 0.5) is 5.69 Å². The second kappa shape index (κ2) is 5.65. The molecule has 3 aromatic rings. The fourth-order valence-corrected chi connectivity index (χ4v) is 3.14. The highest BCUT2D eigenvalue weighted by molar-refractivity contribution is 7.17. The van der Waals surface area contributed by atoms with Gasteiger partial charge >= 0.3 is 5.97 Å². The van der Waals surface area contributed by atoms with E-state index in [-0.39, 0.29) is 12.6 Å². The quantitative estimate of drug-likeness (QED) is 0.570. The first-order valence-corrected chi connectivity index (χ1v) is 7.54. The molecule has 5 nitrogen and oxygen atoms in total. The first kappa shape index (κ1) is 14.3. The standard InChI is InChI=1S/C16H15N3O2S/c1-3-6-21-16(20)14-9(2)19-15(22-14)10-4-5-13-11(7-10)12(17)8-18-13/h3-5,7-8,18H,1,6,17H2,2H3. The fraction of sp³-hybridized carbons (Fsp3) is 0.125. The van der Waals surface area contributed by atoms with Crippen LogP contribution in [-0.2, 0) is 4.74 Å². The number of nitrogen functional groups attached to an aromatic ring is 1. The number of anilines is 1.